The Morgan fingerprint density at radius 3 is 2.69 bits per heavy atom. The molecule has 0 spiro atoms. The highest BCUT2D eigenvalue weighted by molar-refractivity contribution is 4.87. The maximum Gasteiger partial charge on any atom is 0.0664 e. The van der Waals surface area contributed by atoms with Gasteiger partial charge in [0.2, 0.25) is 0 Å². The Kier molecular flexibility index (Phi) is 5.22. The van der Waals surface area contributed by atoms with Crippen LogP contribution in [0.4, 0.5) is 0 Å². The lowest BCUT2D eigenvalue weighted by atomic mass is 9.81. The van der Waals surface area contributed by atoms with Crippen LogP contribution in [0.2, 0.25) is 0 Å². The van der Waals surface area contributed by atoms with Crippen LogP contribution in [0.5, 0.6) is 0 Å². The Labute approximate surface area is 99.9 Å². The summed E-state index contributed by atoms with van der Waals surface area (Å²) in [5.41, 5.74) is 0.243. The molecule has 3 heteroatoms. The van der Waals surface area contributed by atoms with Gasteiger partial charge in [-0.25, -0.2) is 0 Å². The van der Waals surface area contributed by atoms with Crippen LogP contribution in [0.1, 0.15) is 34.1 Å². The summed E-state index contributed by atoms with van der Waals surface area (Å²) < 4.78 is 11.0. The molecule has 1 N–H and O–H groups in total. The molecule has 3 atom stereocenters. The van der Waals surface area contributed by atoms with Crippen LogP contribution in [0.3, 0.4) is 0 Å². The molecule has 1 heterocycles. The highest BCUT2D eigenvalue weighted by Gasteiger charge is 2.36. The third kappa shape index (κ3) is 4.04. The first-order valence-electron chi connectivity index (χ1n) is 6.29. The summed E-state index contributed by atoms with van der Waals surface area (Å²) >= 11 is 0. The van der Waals surface area contributed by atoms with Crippen LogP contribution in [-0.4, -0.2) is 39.0 Å². The molecule has 1 aliphatic heterocycles. The molecular formula is C13H27NO2. The standard InChI is InChI=1S/C13H27NO2/c1-10(9-15-5)14-8-11-6-7-16-12(11)13(2,3)4/h10-12,14H,6-9H2,1-5H3/t10-,11+,12-/m0/s1. The molecule has 0 amide bonds. The number of methoxy groups -OCH3 is 1. The van der Waals surface area contributed by atoms with E-state index in [9.17, 15) is 0 Å². The molecule has 16 heavy (non-hydrogen) atoms. The topological polar surface area (TPSA) is 30.5 Å². The van der Waals surface area contributed by atoms with Gasteiger partial charge in [0.1, 0.15) is 0 Å². The van der Waals surface area contributed by atoms with Crippen molar-refractivity contribution in [3.05, 3.63) is 0 Å². The van der Waals surface area contributed by atoms with Gasteiger partial charge in [0.15, 0.2) is 0 Å². The van der Waals surface area contributed by atoms with E-state index >= 15 is 0 Å². The van der Waals surface area contributed by atoms with E-state index in [1.807, 2.05) is 0 Å². The first kappa shape index (κ1) is 13.9. The third-order valence-corrected chi connectivity index (χ3v) is 3.21. The monoisotopic (exact) mass is 229 g/mol. The second-order valence-electron chi connectivity index (χ2n) is 5.97. The van der Waals surface area contributed by atoms with Crippen LogP contribution in [0.25, 0.3) is 0 Å². The summed E-state index contributed by atoms with van der Waals surface area (Å²) in [7, 11) is 1.74. The second kappa shape index (κ2) is 5.99. The molecule has 1 fully saturated rings. The van der Waals surface area contributed by atoms with Crippen LogP contribution >= 0.6 is 0 Å². The zero-order chi connectivity index (χ0) is 12.2. The van der Waals surface area contributed by atoms with Gasteiger partial charge in [-0.15, -0.1) is 0 Å². The van der Waals surface area contributed by atoms with E-state index in [0.717, 1.165) is 19.8 Å². The van der Waals surface area contributed by atoms with Crippen molar-refractivity contribution in [3.8, 4) is 0 Å². The fourth-order valence-electron chi connectivity index (χ4n) is 2.46. The number of rotatable bonds is 5. The van der Waals surface area contributed by atoms with Crippen molar-refractivity contribution >= 4 is 0 Å². The van der Waals surface area contributed by atoms with Crippen molar-refractivity contribution in [2.75, 3.05) is 26.9 Å². The molecule has 0 aliphatic carbocycles. The summed E-state index contributed by atoms with van der Waals surface area (Å²) in [5, 5.41) is 3.52. The maximum absolute atomic E-state index is 5.85. The molecule has 0 aromatic carbocycles. The minimum atomic E-state index is 0.243. The van der Waals surface area contributed by atoms with Gasteiger partial charge in [-0.05, 0) is 18.8 Å². The first-order chi connectivity index (χ1) is 7.45. The fraction of sp³-hybridized carbons (Fsp3) is 1.00. The van der Waals surface area contributed by atoms with Crippen molar-refractivity contribution in [1.29, 1.82) is 0 Å². The van der Waals surface area contributed by atoms with Crippen LogP contribution in [-0.2, 0) is 9.47 Å². The lowest BCUT2D eigenvalue weighted by Crippen LogP contribution is -2.40. The van der Waals surface area contributed by atoms with Crippen molar-refractivity contribution < 1.29 is 9.47 Å². The van der Waals surface area contributed by atoms with E-state index in [1.54, 1.807) is 7.11 Å². The van der Waals surface area contributed by atoms with Gasteiger partial charge in [0, 0.05) is 32.2 Å². The fourth-order valence-corrected chi connectivity index (χ4v) is 2.46. The molecule has 0 saturated carbocycles. The Hall–Kier alpha value is -0.120. The molecule has 1 aliphatic rings. The summed E-state index contributed by atoms with van der Waals surface area (Å²) in [5.74, 6) is 0.638. The molecule has 0 bridgehead atoms. The van der Waals surface area contributed by atoms with Crippen LogP contribution in [0.15, 0.2) is 0 Å². The Morgan fingerprint density at radius 2 is 2.12 bits per heavy atom. The summed E-state index contributed by atoms with van der Waals surface area (Å²) in [6, 6.07) is 0.422. The van der Waals surface area contributed by atoms with Gasteiger partial charge in [-0.3, -0.25) is 0 Å². The Morgan fingerprint density at radius 1 is 1.44 bits per heavy atom. The summed E-state index contributed by atoms with van der Waals surface area (Å²) in [6.45, 7) is 11.6. The van der Waals surface area contributed by atoms with E-state index in [-0.39, 0.29) is 5.41 Å². The van der Waals surface area contributed by atoms with Crippen LogP contribution in [0, 0.1) is 11.3 Å². The minimum absolute atomic E-state index is 0.243. The lowest BCUT2D eigenvalue weighted by molar-refractivity contribution is 0.00640. The van der Waals surface area contributed by atoms with E-state index in [0.29, 0.717) is 18.1 Å². The Bertz CT molecular complexity index is 201. The number of hydrogen-bond acceptors (Lipinski definition) is 3. The number of nitrogens with one attached hydrogen (secondary N) is 1. The van der Waals surface area contributed by atoms with Gasteiger partial charge in [-0.1, -0.05) is 20.8 Å². The zero-order valence-corrected chi connectivity index (χ0v) is 11.4. The van der Waals surface area contributed by atoms with E-state index < -0.39 is 0 Å². The van der Waals surface area contributed by atoms with Gasteiger partial charge in [0.05, 0.1) is 12.7 Å². The van der Waals surface area contributed by atoms with Gasteiger partial charge in [-0.2, -0.15) is 0 Å². The molecule has 0 aromatic rings. The predicted octanol–water partition coefficient (Wildman–Crippen LogP) is 2.06. The zero-order valence-electron chi connectivity index (χ0n) is 11.4. The molecule has 3 nitrogen and oxygen atoms in total. The van der Waals surface area contributed by atoms with Crippen molar-refractivity contribution in [3.63, 3.8) is 0 Å². The van der Waals surface area contributed by atoms with E-state index in [2.05, 4.69) is 33.0 Å². The third-order valence-electron chi connectivity index (χ3n) is 3.21. The van der Waals surface area contributed by atoms with Crippen molar-refractivity contribution in [1.82, 2.24) is 5.32 Å². The average Bonchev–Trinajstić information content (AvgIpc) is 2.62. The number of ether oxygens (including phenoxy) is 2. The molecule has 0 radical (unpaired) electrons. The molecule has 96 valence electrons. The lowest BCUT2D eigenvalue weighted by Gasteiger charge is -2.31. The largest absolute Gasteiger partial charge is 0.383 e. The highest BCUT2D eigenvalue weighted by Crippen LogP contribution is 2.34. The average molecular weight is 229 g/mol. The SMILES string of the molecule is COC[C@H](C)NC[C@H]1CCO[C@@H]1C(C)(C)C. The quantitative estimate of drug-likeness (QED) is 0.783. The first-order valence-corrected chi connectivity index (χ1v) is 6.29. The van der Waals surface area contributed by atoms with E-state index in [4.69, 9.17) is 9.47 Å². The van der Waals surface area contributed by atoms with E-state index in [1.165, 1.54) is 6.42 Å². The summed E-state index contributed by atoms with van der Waals surface area (Å²) in [4.78, 5) is 0. The number of hydrogen-bond donors (Lipinski definition) is 1. The van der Waals surface area contributed by atoms with Crippen LogP contribution < -0.4 is 5.32 Å². The predicted molar refractivity (Wildman–Crippen MR) is 66.6 cm³/mol. The molecule has 0 aromatic heterocycles. The smallest absolute Gasteiger partial charge is 0.0664 e. The minimum Gasteiger partial charge on any atom is -0.383 e. The maximum atomic E-state index is 5.85. The highest BCUT2D eigenvalue weighted by atomic mass is 16.5. The van der Waals surface area contributed by atoms with Gasteiger partial charge >= 0.3 is 0 Å². The van der Waals surface area contributed by atoms with Gasteiger partial charge < -0.3 is 14.8 Å². The molecule has 0 unspecified atom stereocenters. The molecule has 1 saturated heterocycles. The second-order valence-corrected chi connectivity index (χ2v) is 5.97. The van der Waals surface area contributed by atoms with Crippen molar-refractivity contribution in [2.45, 2.75) is 46.3 Å². The van der Waals surface area contributed by atoms with Gasteiger partial charge in [0.25, 0.3) is 0 Å². The van der Waals surface area contributed by atoms with Crippen molar-refractivity contribution in [2.24, 2.45) is 11.3 Å². The summed E-state index contributed by atoms with van der Waals surface area (Å²) in [6.07, 6.45) is 1.56. The molecular weight excluding hydrogens is 202 g/mol. The Balaban J connectivity index is 2.36. The normalized spacial score (nSPS) is 28.3. The molecule has 1 rings (SSSR count).